The van der Waals surface area contributed by atoms with E-state index in [4.69, 9.17) is 5.73 Å². The molecule has 1 heterocycles. The fourth-order valence-corrected chi connectivity index (χ4v) is 2.15. The van der Waals surface area contributed by atoms with E-state index in [-0.39, 0.29) is 0 Å². The summed E-state index contributed by atoms with van der Waals surface area (Å²) >= 11 is 0. The summed E-state index contributed by atoms with van der Waals surface area (Å²) in [5.74, 6) is 1.25. The smallest absolute Gasteiger partial charge is 0.243 e. The van der Waals surface area contributed by atoms with Gasteiger partial charge >= 0.3 is 0 Å². The first-order valence-corrected chi connectivity index (χ1v) is 5.90. The lowest BCUT2D eigenvalue weighted by molar-refractivity contribution is 0.279. The Morgan fingerprint density at radius 1 is 1.18 bits per heavy atom. The summed E-state index contributed by atoms with van der Waals surface area (Å²) in [6, 6.07) is 8.11. The number of nitrogens with one attached hydrogen (secondary N) is 1. The molecule has 3 N–H and O–H groups in total. The van der Waals surface area contributed by atoms with Gasteiger partial charge in [-0.3, -0.25) is 0 Å². The molecule has 1 fully saturated rings. The minimum absolute atomic E-state index is 0.387. The van der Waals surface area contributed by atoms with Crippen molar-refractivity contribution in [2.75, 3.05) is 11.9 Å². The van der Waals surface area contributed by atoms with Crippen LogP contribution in [0.25, 0.3) is 11.0 Å². The summed E-state index contributed by atoms with van der Waals surface area (Å²) in [4.78, 5) is 4.41. The number of nitrogens with zero attached hydrogens (tertiary/aromatic N) is 3. The van der Waals surface area contributed by atoms with Gasteiger partial charge in [-0.2, -0.15) is 0 Å². The number of aromatic nitrogens is 3. The highest BCUT2D eigenvalue weighted by Crippen LogP contribution is 2.25. The summed E-state index contributed by atoms with van der Waals surface area (Å²) in [5, 5.41) is 11.4. The van der Waals surface area contributed by atoms with Crippen LogP contribution in [0.1, 0.15) is 12.8 Å². The van der Waals surface area contributed by atoms with Crippen LogP contribution >= 0.6 is 0 Å². The van der Waals surface area contributed by atoms with E-state index < -0.39 is 0 Å². The number of nitrogens with two attached hydrogens (primary N) is 1. The maximum Gasteiger partial charge on any atom is 0.243 e. The molecule has 1 aliphatic carbocycles. The molecule has 3 rings (SSSR count). The Bertz CT molecular complexity index is 521. The molecular formula is C12H15N5. The zero-order chi connectivity index (χ0) is 11.7. The van der Waals surface area contributed by atoms with Gasteiger partial charge in [-0.15, -0.1) is 10.2 Å². The van der Waals surface area contributed by atoms with E-state index in [2.05, 4.69) is 20.5 Å². The number of anilines is 1. The monoisotopic (exact) mass is 229 g/mol. The lowest BCUT2D eigenvalue weighted by atomic mass is 9.81. The lowest BCUT2D eigenvalue weighted by Crippen LogP contribution is -2.39. The third-order valence-corrected chi connectivity index (χ3v) is 3.18. The molecule has 0 atom stereocenters. The van der Waals surface area contributed by atoms with Crippen molar-refractivity contribution in [3.63, 3.8) is 0 Å². The van der Waals surface area contributed by atoms with Gasteiger partial charge in [0.25, 0.3) is 0 Å². The van der Waals surface area contributed by atoms with Gasteiger partial charge in [0.15, 0.2) is 0 Å². The molecular weight excluding hydrogens is 214 g/mol. The van der Waals surface area contributed by atoms with Crippen LogP contribution in [0.2, 0.25) is 0 Å². The largest absolute Gasteiger partial charge is 0.353 e. The molecule has 0 bridgehead atoms. The number of para-hydroxylation sites is 1. The van der Waals surface area contributed by atoms with Crippen molar-refractivity contribution >= 4 is 17.0 Å². The van der Waals surface area contributed by atoms with Crippen LogP contribution in [-0.4, -0.2) is 27.8 Å². The van der Waals surface area contributed by atoms with Gasteiger partial charge in [0.05, 0.1) is 5.52 Å². The summed E-state index contributed by atoms with van der Waals surface area (Å²) < 4.78 is 0. The van der Waals surface area contributed by atoms with E-state index in [1.807, 2.05) is 24.3 Å². The van der Waals surface area contributed by atoms with Gasteiger partial charge in [0, 0.05) is 12.6 Å². The van der Waals surface area contributed by atoms with Crippen LogP contribution in [0.15, 0.2) is 24.3 Å². The van der Waals surface area contributed by atoms with E-state index in [0.29, 0.717) is 17.9 Å². The van der Waals surface area contributed by atoms with Gasteiger partial charge in [-0.1, -0.05) is 12.1 Å². The van der Waals surface area contributed by atoms with E-state index in [1.165, 1.54) is 0 Å². The van der Waals surface area contributed by atoms with Crippen molar-refractivity contribution in [2.45, 2.75) is 18.9 Å². The number of rotatable bonds is 3. The second kappa shape index (κ2) is 4.25. The Kier molecular flexibility index (Phi) is 2.60. The average Bonchev–Trinajstić information content (AvgIpc) is 2.33. The number of fused-ring (bicyclic) bond motifs is 1. The molecule has 88 valence electrons. The van der Waals surface area contributed by atoms with Gasteiger partial charge in [0.2, 0.25) is 5.95 Å². The van der Waals surface area contributed by atoms with E-state index in [1.54, 1.807) is 0 Å². The molecule has 0 radical (unpaired) electrons. The van der Waals surface area contributed by atoms with Crippen molar-refractivity contribution in [2.24, 2.45) is 11.7 Å². The van der Waals surface area contributed by atoms with Crippen molar-refractivity contribution in [1.29, 1.82) is 0 Å². The summed E-state index contributed by atoms with van der Waals surface area (Å²) in [5.41, 5.74) is 7.43. The van der Waals surface area contributed by atoms with Crippen LogP contribution in [-0.2, 0) is 0 Å². The van der Waals surface area contributed by atoms with Crippen molar-refractivity contribution in [1.82, 2.24) is 15.2 Å². The van der Waals surface area contributed by atoms with Gasteiger partial charge < -0.3 is 11.1 Å². The second-order valence-electron chi connectivity index (χ2n) is 4.60. The first-order chi connectivity index (χ1) is 8.31. The normalized spacial score (nSPS) is 23.4. The van der Waals surface area contributed by atoms with Crippen LogP contribution in [0.4, 0.5) is 5.95 Å². The molecule has 1 saturated carbocycles. The fourth-order valence-electron chi connectivity index (χ4n) is 2.15. The zero-order valence-corrected chi connectivity index (χ0v) is 9.50. The van der Waals surface area contributed by atoms with Crippen molar-refractivity contribution in [3.05, 3.63) is 24.3 Å². The van der Waals surface area contributed by atoms with E-state index in [9.17, 15) is 0 Å². The van der Waals surface area contributed by atoms with E-state index in [0.717, 1.165) is 30.4 Å². The fraction of sp³-hybridized carbons (Fsp3) is 0.417. The maximum absolute atomic E-state index is 5.74. The molecule has 1 aromatic carbocycles. The topological polar surface area (TPSA) is 76.7 Å². The molecule has 17 heavy (non-hydrogen) atoms. The van der Waals surface area contributed by atoms with Crippen molar-refractivity contribution < 1.29 is 0 Å². The number of benzene rings is 1. The highest BCUT2D eigenvalue weighted by Gasteiger charge is 2.25. The summed E-state index contributed by atoms with van der Waals surface area (Å²) in [6.45, 7) is 0.883. The molecule has 0 spiro atoms. The number of hydrogen-bond donors (Lipinski definition) is 2. The zero-order valence-electron chi connectivity index (χ0n) is 9.50. The molecule has 2 aromatic rings. The second-order valence-corrected chi connectivity index (χ2v) is 4.60. The highest BCUT2D eigenvalue weighted by atomic mass is 15.2. The van der Waals surface area contributed by atoms with Crippen LogP contribution < -0.4 is 11.1 Å². The Labute approximate surface area is 99.4 Å². The SMILES string of the molecule is NC1CC(CNc2nnc3ccccc3n2)C1. The van der Waals surface area contributed by atoms with Gasteiger partial charge in [0.1, 0.15) is 5.52 Å². The third kappa shape index (κ3) is 2.19. The predicted octanol–water partition coefficient (Wildman–Crippen LogP) is 1.17. The Morgan fingerprint density at radius 2 is 1.94 bits per heavy atom. The first-order valence-electron chi connectivity index (χ1n) is 5.90. The Morgan fingerprint density at radius 3 is 2.71 bits per heavy atom. The van der Waals surface area contributed by atoms with Crippen molar-refractivity contribution in [3.8, 4) is 0 Å². The molecule has 5 nitrogen and oxygen atoms in total. The minimum Gasteiger partial charge on any atom is -0.353 e. The Hall–Kier alpha value is -1.75. The predicted molar refractivity (Wildman–Crippen MR) is 66.5 cm³/mol. The average molecular weight is 229 g/mol. The third-order valence-electron chi connectivity index (χ3n) is 3.18. The van der Waals surface area contributed by atoms with Crippen LogP contribution in [0.5, 0.6) is 0 Å². The molecule has 1 aliphatic rings. The minimum atomic E-state index is 0.387. The summed E-state index contributed by atoms with van der Waals surface area (Å²) in [6.07, 6.45) is 2.18. The van der Waals surface area contributed by atoms with Gasteiger partial charge in [-0.05, 0) is 30.9 Å². The maximum atomic E-state index is 5.74. The van der Waals surface area contributed by atoms with Crippen LogP contribution in [0.3, 0.4) is 0 Å². The summed E-state index contributed by atoms with van der Waals surface area (Å²) in [7, 11) is 0. The quantitative estimate of drug-likeness (QED) is 0.826. The van der Waals surface area contributed by atoms with E-state index >= 15 is 0 Å². The first kappa shape index (κ1) is 10.4. The number of hydrogen-bond acceptors (Lipinski definition) is 5. The van der Waals surface area contributed by atoms with Gasteiger partial charge in [-0.25, -0.2) is 4.98 Å². The molecule has 0 unspecified atom stereocenters. The molecule has 0 amide bonds. The standard InChI is InChI=1S/C12H15N5/c13-9-5-8(6-9)7-14-12-15-10-3-1-2-4-11(10)16-17-12/h1-4,8-9H,5-7,13H2,(H,14,15,17). The molecule has 0 aliphatic heterocycles. The lowest BCUT2D eigenvalue weighted by Gasteiger charge is -2.32. The molecule has 0 saturated heterocycles. The molecule has 1 aromatic heterocycles. The highest BCUT2D eigenvalue weighted by molar-refractivity contribution is 5.73. The Balaban J connectivity index is 1.68. The molecule has 5 heteroatoms. The van der Waals surface area contributed by atoms with Crippen LogP contribution in [0, 0.1) is 5.92 Å².